The van der Waals surface area contributed by atoms with Crippen molar-refractivity contribution in [3.63, 3.8) is 0 Å². The third-order valence-corrected chi connectivity index (χ3v) is 8.70. The zero-order valence-electron chi connectivity index (χ0n) is 19.2. The fraction of sp³-hybridized carbons (Fsp3) is 0.417. The second kappa shape index (κ2) is 9.07. The Morgan fingerprint density at radius 1 is 0.972 bits per heavy atom. The molecular weight excluding hydrogens is 499 g/mol. The van der Waals surface area contributed by atoms with Crippen LogP contribution in [0, 0.1) is 0 Å². The van der Waals surface area contributed by atoms with Gasteiger partial charge in [-0.15, -0.1) is 0 Å². The van der Waals surface area contributed by atoms with E-state index in [1.807, 2.05) is 18.2 Å². The predicted octanol–water partition coefficient (Wildman–Crippen LogP) is 3.88. The maximum Gasteiger partial charge on any atom is 0.420 e. The van der Waals surface area contributed by atoms with Crippen LogP contribution >= 0.6 is 0 Å². The van der Waals surface area contributed by atoms with Crippen molar-refractivity contribution in [1.82, 2.24) is 13.8 Å². The average Bonchev–Trinajstić information content (AvgIpc) is 3.27. The number of likely N-dealkylation sites (tertiary alicyclic amines) is 1. The number of hydrogen-bond acceptors (Lipinski definition) is 6. The molecule has 2 aliphatic rings. The van der Waals surface area contributed by atoms with Crippen molar-refractivity contribution in [1.29, 1.82) is 0 Å². The van der Waals surface area contributed by atoms with Gasteiger partial charge in [-0.3, -0.25) is 9.36 Å². The summed E-state index contributed by atoms with van der Waals surface area (Å²) in [5, 5.41) is 0. The van der Waals surface area contributed by atoms with E-state index < -0.39 is 33.2 Å². The Morgan fingerprint density at radius 2 is 1.67 bits per heavy atom. The first-order valence-electron chi connectivity index (χ1n) is 11.7. The summed E-state index contributed by atoms with van der Waals surface area (Å²) in [6.45, 7) is 2.09. The summed E-state index contributed by atoms with van der Waals surface area (Å²) in [4.78, 5) is 26.8. The molecule has 5 rings (SSSR count). The smallest absolute Gasteiger partial charge is 0.408 e. The zero-order valence-corrected chi connectivity index (χ0v) is 20.0. The molecule has 0 radical (unpaired) electrons. The molecule has 0 spiro atoms. The Balaban J connectivity index is 1.14. The minimum atomic E-state index is -4.67. The molecule has 1 saturated heterocycles. The molecule has 0 aliphatic carbocycles. The van der Waals surface area contributed by atoms with Gasteiger partial charge in [0, 0.05) is 25.7 Å². The molecule has 192 valence electrons. The number of carbonyl (C=O) groups is 1. The number of rotatable bonds is 6. The number of nitrogens with zero attached hydrogens (tertiary/aromatic N) is 3. The van der Waals surface area contributed by atoms with Crippen LogP contribution in [-0.4, -0.2) is 54.3 Å². The van der Waals surface area contributed by atoms with Crippen LogP contribution in [0.2, 0.25) is 0 Å². The van der Waals surface area contributed by atoms with E-state index in [0.29, 0.717) is 41.4 Å². The van der Waals surface area contributed by atoms with Crippen LogP contribution in [-0.2, 0) is 16.2 Å². The number of para-hydroxylation sites is 2. The van der Waals surface area contributed by atoms with Crippen LogP contribution < -0.4 is 5.76 Å². The lowest BCUT2D eigenvalue weighted by atomic mass is 10.0. The van der Waals surface area contributed by atoms with Crippen LogP contribution in [0.25, 0.3) is 11.1 Å². The van der Waals surface area contributed by atoms with Gasteiger partial charge in [-0.05, 0) is 62.6 Å². The fourth-order valence-electron chi connectivity index (χ4n) is 5.00. The summed E-state index contributed by atoms with van der Waals surface area (Å²) in [7, 11) is -4.16. The first-order valence-corrected chi connectivity index (χ1v) is 13.1. The highest BCUT2D eigenvalue weighted by molar-refractivity contribution is 7.90. The third kappa shape index (κ3) is 4.32. The first kappa shape index (κ1) is 24.6. The topological polar surface area (TPSA) is 92.8 Å². The Labute approximate surface area is 204 Å². The van der Waals surface area contributed by atoms with Crippen molar-refractivity contribution in [2.45, 2.75) is 42.8 Å². The van der Waals surface area contributed by atoms with E-state index >= 15 is 0 Å². The highest BCUT2D eigenvalue weighted by atomic mass is 32.2. The minimum Gasteiger partial charge on any atom is -0.408 e. The van der Waals surface area contributed by atoms with Gasteiger partial charge in [-0.1, -0.05) is 12.1 Å². The Hall–Kier alpha value is -3.12. The lowest BCUT2D eigenvalue weighted by Crippen LogP contribution is -2.37. The molecular formula is C24H24F3N3O5S. The highest BCUT2D eigenvalue weighted by Crippen LogP contribution is 2.36. The second-order valence-electron chi connectivity index (χ2n) is 9.08. The normalized spacial score (nSPS) is 18.8. The molecule has 2 aromatic carbocycles. The van der Waals surface area contributed by atoms with E-state index in [-0.39, 0.29) is 23.2 Å². The number of unbranched alkanes of at least 4 members (excludes halogenated alkanes) is 1. The molecule has 0 bridgehead atoms. The van der Waals surface area contributed by atoms with Crippen molar-refractivity contribution in [2.24, 2.45) is 0 Å². The fourth-order valence-corrected chi connectivity index (χ4v) is 6.59. The number of benzene rings is 2. The number of carbonyl (C=O) groups excluding carboxylic acids is 1. The summed E-state index contributed by atoms with van der Waals surface area (Å²) in [5.74, 6) is -1.29. The van der Waals surface area contributed by atoms with Crippen LogP contribution in [0.4, 0.5) is 13.2 Å². The van der Waals surface area contributed by atoms with E-state index in [1.54, 1.807) is 10.6 Å². The van der Waals surface area contributed by atoms with Crippen molar-refractivity contribution in [3.05, 3.63) is 64.1 Å². The number of oxazole rings is 1. The SMILES string of the molecule is O=C1c2cc(C(F)(F)F)ccc2S(=O)(=O)N1CCCCN1CCC(n2c(=O)oc3ccccc32)CC1. The van der Waals surface area contributed by atoms with Crippen LogP contribution in [0.15, 0.2) is 56.6 Å². The standard InChI is InChI=1S/C24H24F3N3O5S/c25-24(26,27)16-7-8-21-18(15-16)22(31)29(36(21,33)34)12-4-3-11-28-13-9-17(10-14-28)30-19-5-1-2-6-20(19)35-23(30)32/h1-2,5-8,15,17H,3-4,9-14H2. The number of sulfonamides is 1. The monoisotopic (exact) mass is 523 g/mol. The molecule has 12 heteroatoms. The average molecular weight is 524 g/mol. The van der Waals surface area contributed by atoms with Gasteiger partial charge in [-0.2, -0.15) is 13.2 Å². The summed E-state index contributed by atoms with van der Waals surface area (Å²) in [6.07, 6.45) is -2.14. The molecule has 8 nitrogen and oxygen atoms in total. The van der Waals surface area contributed by atoms with Gasteiger partial charge in [0.05, 0.1) is 16.6 Å². The van der Waals surface area contributed by atoms with Gasteiger partial charge in [0.1, 0.15) is 4.90 Å². The van der Waals surface area contributed by atoms with Crippen LogP contribution in [0.5, 0.6) is 0 Å². The number of amides is 1. The molecule has 0 saturated carbocycles. The number of piperidine rings is 1. The summed E-state index contributed by atoms with van der Waals surface area (Å²) in [6, 6.07) is 9.48. The molecule has 0 atom stereocenters. The van der Waals surface area contributed by atoms with Gasteiger partial charge in [0.15, 0.2) is 5.58 Å². The molecule has 1 amide bonds. The number of fused-ring (bicyclic) bond motifs is 2. The van der Waals surface area contributed by atoms with Crippen LogP contribution in [0.3, 0.4) is 0 Å². The van der Waals surface area contributed by atoms with E-state index in [1.165, 1.54) is 0 Å². The molecule has 36 heavy (non-hydrogen) atoms. The maximum atomic E-state index is 13.0. The van der Waals surface area contributed by atoms with Crippen molar-refractivity contribution >= 4 is 27.0 Å². The van der Waals surface area contributed by atoms with E-state index in [2.05, 4.69) is 4.90 Å². The molecule has 0 N–H and O–H groups in total. The Kier molecular flexibility index (Phi) is 6.19. The lowest BCUT2D eigenvalue weighted by Gasteiger charge is -2.32. The lowest BCUT2D eigenvalue weighted by molar-refractivity contribution is -0.137. The van der Waals surface area contributed by atoms with Crippen molar-refractivity contribution in [2.75, 3.05) is 26.2 Å². The largest absolute Gasteiger partial charge is 0.420 e. The molecule has 1 aromatic heterocycles. The molecule has 1 fully saturated rings. The van der Waals surface area contributed by atoms with Gasteiger partial charge in [-0.25, -0.2) is 17.5 Å². The van der Waals surface area contributed by atoms with Gasteiger partial charge in [0.25, 0.3) is 15.9 Å². The van der Waals surface area contributed by atoms with Gasteiger partial charge >= 0.3 is 11.9 Å². The third-order valence-electron chi connectivity index (χ3n) is 6.86. The summed E-state index contributed by atoms with van der Waals surface area (Å²) < 4.78 is 72.1. The number of alkyl halides is 3. The quantitative estimate of drug-likeness (QED) is 0.456. The summed E-state index contributed by atoms with van der Waals surface area (Å²) >= 11 is 0. The number of aromatic nitrogens is 1. The minimum absolute atomic E-state index is 0.0323. The van der Waals surface area contributed by atoms with Gasteiger partial charge in [0.2, 0.25) is 0 Å². The van der Waals surface area contributed by atoms with Crippen molar-refractivity contribution in [3.8, 4) is 0 Å². The molecule has 0 unspecified atom stereocenters. The second-order valence-corrected chi connectivity index (χ2v) is 10.9. The van der Waals surface area contributed by atoms with Gasteiger partial charge < -0.3 is 9.32 Å². The molecule has 3 heterocycles. The maximum absolute atomic E-state index is 13.0. The van der Waals surface area contributed by atoms with Crippen molar-refractivity contribution < 1.29 is 30.8 Å². The Morgan fingerprint density at radius 3 is 2.39 bits per heavy atom. The first-order chi connectivity index (χ1) is 17.1. The summed E-state index contributed by atoms with van der Waals surface area (Å²) in [5.41, 5.74) is -0.149. The number of halogens is 3. The van der Waals surface area contributed by atoms with E-state index in [9.17, 15) is 31.2 Å². The Bertz CT molecular complexity index is 1470. The van der Waals surface area contributed by atoms with E-state index in [0.717, 1.165) is 37.5 Å². The zero-order chi connectivity index (χ0) is 25.7. The van der Waals surface area contributed by atoms with E-state index in [4.69, 9.17) is 4.42 Å². The predicted molar refractivity (Wildman–Crippen MR) is 124 cm³/mol. The molecule has 3 aromatic rings. The molecule has 2 aliphatic heterocycles. The number of hydrogen-bond donors (Lipinski definition) is 0. The van der Waals surface area contributed by atoms with Crippen LogP contribution in [0.1, 0.15) is 47.6 Å². The highest BCUT2D eigenvalue weighted by Gasteiger charge is 2.43.